The Labute approximate surface area is 138 Å². The first-order valence-electron chi connectivity index (χ1n) is 7.71. The molecule has 0 aliphatic heterocycles. The van der Waals surface area contributed by atoms with E-state index < -0.39 is 0 Å². The highest BCUT2D eigenvalue weighted by molar-refractivity contribution is 6.31. The van der Waals surface area contributed by atoms with Gasteiger partial charge in [0.05, 0.1) is 13.2 Å². The minimum Gasteiger partial charge on any atom is -0.380 e. The van der Waals surface area contributed by atoms with Crippen molar-refractivity contribution in [3.05, 3.63) is 46.5 Å². The molecule has 0 aromatic heterocycles. The van der Waals surface area contributed by atoms with Crippen LogP contribution >= 0.6 is 23.2 Å². The van der Waals surface area contributed by atoms with Gasteiger partial charge < -0.3 is 4.74 Å². The Hall–Kier alpha value is -0.500. The van der Waals surface area contributed by atoms with Crippen molar-refractivity contribution in [2.75, 3.05) is 13.2 Å². The molecular formula is C18H24Cl2O. The maximum atomic E-state index is 6.12. The van der Waals surface area contributed by atoms with E-state index in [4.69, 9.17) is 27.9 Å². The molecule has 2 aliphatic carbocycles. The predicted octanol–water partition coefficient (Wildman–Crippen LogP) is 5.96. The quantitative estimate of drug-likeness (QED) is 0.585. The van der Waals surface area contributed by atoms with Gasteiger partial charge in [0.1, 0.15) is 0 Å². The Morgan fingerprint density at radius 3 is 1.62 bits per heavy atom. The van der Waals surface area contributed by atoms with Gasteiger partial charge in [-0.15, -0.1) is 0 Å². The molecule has 2 aliphatic rings. The normalized spacial score (nSPS) is 32.0. The second kappa shape index (κ2) is 7.17. The van der Waals surface area contributed by atoms with Crippen LogP contribution in [0.25, 0.3) is 0 Å². The van der Waals surface area contributed by atoms with Crippen LogP contribution in [0.1, 0.15) is 39.5 Å². The van der Waals surface area contributed by atoms with Crippen molar-refractivity contribution < 1.29 is 4.74 Å². The summed E-state index contributed by atoms with van der Waals surface area (Å²) in [7, 11) is 0. The monoisotopic (exact) mass is 326 g/mol. The van der Waals surface area contributed by atoms with Crippen LogP contribution in [0.5, 0.6) is 0 Å². The lowest BCUT2D eigenvalue weighted by Gasteiger charge is -2.34. The maximum Gasteiger partial charge on any atom is 0.0560 e. The number of rotatable bonds is 6. The van der Waals surface area contributed by atoms with Crippen LogP contribution in [0.2, 0.25) is 0 Å². The summed E-state index contributed by atoms with van der Waals surface area (Å²) in [5, 5.41) is 1.66. The van der Waals surface area contributed by atoms with Crippen molar-refractivity contribution in [2.45, 2.75) is 39.5 Å². The third kappa shape index (κ3) is 4.25. The van der Waals surface area contributed by atoms with Gasteiger partial charge in [0, 0.05) is 20.9 Å². The van der Waals surface area contributed by atoms with Crippen LogP contribution in [0.3, 0.4) is 0 Å². The van der Waals surface area contributed by atoms with Gasteiger partial charge in [-0.1, -0.05) is 61.4 Å². The molecule has 2 atom stereocenters. The van der Waals surface area contributed by atoms with Gasteiger partial charge in [0.15, 0.2) is 0 Å². The predicted molar refractivity (Wildman–Crippen MR) is 91.7 cm³/mol. The molecule has 0 heterocycles. The Bertz CT molecular complexity index is 445. The molecule has 0 radical (unpaired) electrons. The molecule has 0 fully saturated rings. The first-order chi connectivity index (χ1) is 10.0. The number of halogens is 2. The smallest absolute Gasteiger partial charge is 0.0560 e. The van der Waals surface area contributed by atoms with Crippen molar-refractivity contribution in [1.29, 1.82) is 0 Å². The van der Waals surface area contributed by atoms with E-state index in [-0.39, 0.29) is 10.8 Å². The first-order valence-corrected chi connectivity index (χ1v) is 8.46. The fraction of sp³-hybridized carbons (Fsp3) is 0.556. The van der Waals surface area contributed by atoms with Crippen LogP contribution in [-0.2, 0) is 4.74 Å². The molecule has 1 nitrogen and oxygen atoms in total. The highest BCUT2D eigenvalue weighted by Crippen LogP contribution is 2.37. The fourth-order valence-electron chi connectivity index (χ4n) is 2.79. The summed E-state index contributed by atoms with van der Waals surface area (Å²) in [5.41, 5.74) is 0.193. The zero-order valence-electron chi connectivity index (χ0n) is 12.9. The second-order valence-corrected chi connectivity index (χ2v) is 7.05. The number of ether oxygens (including phenoxy) is 1. The largest absolute Gasteiger partial charge is 0.380 e. The number of hydrogen-bond donors (Lipinski definition) is 0. The van der Waals surface area contributed by atoms with E-state index in [2.05, 4.69) is 38.2 Å². The van der Waals surface area contributed by atoms with Crippen LogP contribution in [0.4, 0.5) is 0 Å². The third-order valence-corrected chi connectivity index (χ3v) is 5.35. The zero-order chi connectivity index (χ0) is 15.3. The molecular weight excluding hydrogens is 303 g/mol. The van der Waals surface area contributed by atoms with Gasteiger partial charge in [-0.05, 0) is 37.8 Å². The maximum absolute atomic E-state index is 6.12. The van der Waals surface area contributed by atoms with Gasteiger partial charge in [0.25, 0.3) is 0 Å². The van der Waals surface area contributed by atoms with E-state index in [0.29, 0.717) is 0 Å². The van der Waals surface area contributed by atoms with Gasteiger partial charge in [-0.3, -0.25) is 0 Å². The number of allylic oxidation sites excluding steroid dienone is 6. The average Bonchev–Trinajstić information content (AvgIpc) is 2.52. The molecule has 0 saturated heterocycles. The fourth-order valence-corrected chi connectivity index (χ4v) is 3.07. The van der Waals surface area contributed by atoms with Crippen LogP contribution in [0, 0.1) is 10.8 Å². The third-order valence-electron chi connectivity index (χ3n) is 4.79. The first kappa shape index (κ1) is 16.9. The lowest BCUT2D eigenvalue weighted by atomic mass is 9.78. The van der Waals surface area contributed by atoms with Gasteiger partial charge >= 0.3 is 0 Å². The minimum atomic E-state index is 0.0964. The van der Waals surface area contributed by atoms with Crippen molar-refractivity contribution in [3.63, 3.8) is 0 Å². The van der Waals surface area contributed by atoms with E-state index in [9.17, 15) is 0 Å². The molecule has 0 aromatic carbocycles. The van der Waals surface area contributed by atoms with Crippen LogP contribution < -0.4 is 0 Å². The van der Waals surface area contributed by atoms with Gasteiger partial charge in [-0.25, -0.2) is 0 Å². The van der Waals surface area contributed by atoms with E-state index in [1.54, 1.807) is 0 Å². The summed E-state index contributed by atoms with van der Waals surface area (Å²) in [6.07, 6.45) is 16.6. The lowest BCUT2D eigenvalue weighted by molar-refractivity contribution is 0.0211. The van der Waals surface area contributed by atoms with Crippen molar-refractivity contribution in [3.8, 4) is 0 Å². The summed E-state index contributed by atoms with van der Waals surface area (Å²) < 4.78 is 6.12. The molecule has 0 saturated carbocycles. The second-order valence-electron chi connectivity index (χ2n) is 6.18. The molecule has 2 unspecified atom stereocenters. The topological polar surface area (TPSA) is 9.23 Å². The van der Waals surface area contributed by atoms with Crippen LogP contribution in [0.15, 0.2) is 46.5 Å². The molecule has 0 spiro atoms. The summed E-state index contributed by atoms with van der Waals surface area (Å²) in [4.78, 5) is 0. The summed E-state index contributed by atoms with van der Waals surface area (Å²) in [6, 6.07) is 0. The van der Waals surface area contributed by atoms with Crippen molar-refractivity contribution in [1.82, 2.24) is 0 Å². The average molecular weight is 327 g/mol. The van der Waals surface area contributed by atoms with Crippen molar-refractivity contribution in [2.24, 2.45) is 10.8 Å². The highest BCUT2D eigenvalue weighted by Gasteiger charge is 2.30. The Morgan fingerprint density at radius 1 is 0.905 bits per heavy atom. The molecule has 2 rings (SSSR count). The summed E-state index contributed by atoms with van der Waals surface area (Å²) in [6.45, 7) is 5.90. The van der Waals surface area contributed by atoms with Crippen LogP contribution in [-0.4, -0.2) is 13.2 Å². The van der Waals surface area contributed by atoms with Crippen molar-refractivity contribution >= 4 is 23.2 Å². The molecule has 116 valence electrons. The standard InChI is InChI=1S/C18H24Cl2O/c1-3-17(9-5-15(19)6-10-17)13-21-14-18(4-2)11-7-16(20)8-12-18/h5-9,11H,3-4,10,12-14H2,1-2H3. The van der Waals surface area contributed by atoms with E-state index in [1.807, 2.05) is 12.2 Å². The molecule has 0 amide bonds. The minimum absolute atomic E-state index is 0.0964. The van der Waals surface area contributed by atoms with E-state index in [1.165, 1.54) is 0 Å². The Kier molecular flexibility index (Phi) is 5.76. The zero-order valence-corrected chi connectivity index (χ0v) is 14.4. The SMILES string of the molecule is CCC1(COCC2(CC)C=CC(Cl)=CC2)C=CC(Cl)=CC1. The summed E-state index contributed by atoms with van der Waals surface area (Å²) >= 11 is 12.0. The summed E-state index contributed by atoms with van der Waals surface area (Å²) in [5.74, 6) is 0. The number of hydrogen-bond acceptors (Lipinski definition) is 1. The molecule has 0 N–H and O–H groups in total. The Balaban J connectivity index is 1.91. The van der Waals surface area contributed by atoms with Gasteiger partial charge in [0.2, 0.25) is 0 Å². The molecule has 0 aromatic rings. The molecule has 21 heavy (non-hydrogen) atoms. The van der Waals surface area contributed by atoms with E-state index in [0.717, 1.165) is 49.0 Å². The highest BCUT2D eigenvalue weighted by atomic mass is 35.5. The molecule has 3 heteroatoms. The van der Waals surface area contributed by atoms with E-state index >= 15 is 0 Å². The lowest BCUT2D eigenvalue weighted by Crippen LogP contribution is -2.30. The Morgan fingerprint density at radius 2 is 1.33 bits per heavy atom. The van der Waals surface area contributed by atoms with Gasteiger partial charge in [-0.2, -0.15) is 0 Å². The molecule has 0 bridgehead atoms.